The third kappa shape index (κ3) is 3.42. The van der Waals surface area contributed by atoms with Crippen LogP contribution in [-0.4, -0.2) is 9.97 Å². The highest BCUT2D eigenvalue weighted by Crippen LogP contribution is 2.16. The molecule has 0 amide bonds. The van der Waals surface area contributed by atoms with Crippen LogP contribution in [0.1, 0.15) is 16.7 Å². The van der Waals surface area contributed by atoms with Crippen LogP contribution in [0.5, 0.6) is 0 Å². The molecule has 0 N–H and O–H groups in total. The standard InChI is InChI=1S/C19H16N2/c1-15-5-7-16(8-6-15)9-10-17-11-13-21-19(14-17)18-4-2-3-12-20-18/h2-14H,1H3/b10-9-. The molecule has 0 unspecified atom stereocenters. The number of hydrogen-bond donors (Lipinski definition) is 0. The molecule has 2 aromatic heterocycles. The third-order valence-electron chi connectivity index (χ3n) is 3.26. The molecule has 0 fully saturated rings. The molecule has 2 heterocycles. The first-order valence-electron chi connectivity index (χ1n) is 6.93. The van der Waals surface area contributed by atoms with Crippen molar-refractivity contribution in [1.29, 1.82) is 0 Å². The number of pyridine rings is 2. The first-order chi connectivity index (χ1) is 10.3. The average Bonchev–Trinajstić information content (AvgIpc) is 2.55. The predicted octanol–water partition coefficient (Wildman–Crippen LogP) is 4.62. The van der Waals surface area contributed by atoms with E-state index in [4.69, 9.17) is 0 Å². The maximum Gasteiger partial charge on any atom is 0.0892 e. The highest BCUT2D eigenvalue weighted by Gasteiger charge is 1.99. The molecule has 1 aromatic carbocycles. The van der Waals surface area contributed by atoms with Gasteiger partial charge in [-0.3, -0.25) is 9.97 Å². The predicted molar refractivity (Wildman–Crippen MR) is 87.6 cm³/mol. The number of hydrogen-bond acceptors (Lipinski definition) is 2. The quantitative estimate of drug-likeness (QED) is 0.695. The maximum absolute atomic E-state index is 4.38. The van der Waals surface area contributed by atoms with Gasteiger partial charge in [-0.05, 0) is 42.3 Å². The first kappa shape index (κ1) is 13.3. The lowest BCUT2D eigenvalue weighted by molar-refractivity contribution is 1.24. The molecule has 0 aliphatic rings. The van der Waals surface area contributed by atoms with E-state index in [1.54, 1.807) is 6.20 Å². The minimum absolute atomic E-state index is 0.890. The van der Waals surface area contributed by atoms with E-state index in [1.807, 2.05) is 36.5 Å². The second kappa shape index (κ2) is 6.14. The lowest BCUT2D eigenvalue weighted by atomic mass is 10.1. The van der Waals surface area contributed by atoms with Gasteiger partial charge in [-0.2, -0.15) is 0 Å². The second-order valence-electron chi connectivity index (χ2n) is 4.93. The van der Waals surface area contributed by atoms with E-state index in [0.29, 0.717) is 0 Å². The lowest BCUT2D eigenvalue weighted by Crippen LogP contribution is -1.86. The van der Waals surface area contributed by atoms with Crippen LogP contribution in [0.2, 0.25) is 0 Å². The summed E-state index contributed by atoms with van der Waals surface area (Å²) in [5.74, 6) is 0. The Morgan fingerprint density at radius 3 is 2.24 bits per heavy atom. The van der Waals surface area contributed by atoms with Crippen LogP contribution in [0.15, 0.2) is 67.0 Å². The summed E-state index contributed by atoms with van der Waals surface area (Å²) in [5.41, 5.74) is 5.36. The zero-order chi connectivity index (χ0) is 14.5. The molecule has 0 aliphatic heterocycles. The van der Waals surface area contributed by atoms with E-state index in [2.05, 4.69) is 53.3 Å². The molecule has 102 valence electrons. The summed E-state index contributed by atoms with van der Waals surface area (Å²) in [6.45, 7) is 2.09. The number of aromatic nitrogens is 2. The molecule has 2 nitrogen and oxygen atoms in total. The Kier molecular flexibility index (Phi) is 3.88. The highest BCUT2D eigenvalue weighted by molar-refractivity contribution is 5.71. The maximum atomic E-state index is 4.38. The van der Waals surface area contributed by atoms with Crippen molar-refractivity contribution >= 4 is 12.2 Å². The minimum Gasteiger partial charge on any atom is -0.255 e. The molecule has 0 bridgehead atoms. The summed E-state index contributed by atoms with van der Waals surface area (Å²) in [4.78, 5) is 8.71. The van der Waals surface area contributed by atoms with Crippen molar-refractivity contribution in [2.45, 2.75) is 6.92 Å². The van der Waals surface area contributed by atoms with Gasteiger partial charge in [0.15, 0.2) is 0 Å². The Labute approximate surface area is 124 Å². The van der Waals surface area contributed by atoms with Gasteiger partial charge in [0.1, 0.15) is 0 Å². The molecule has 2 heteroatoms. The second-order valence-corrected chi connectivity index (χ2v) is 4.93. The lowest BCUT2D eigenvalue weighted by Gasteiger charge is -2.01. The van der Waals surface area contributed by atoms with E-state index >= 15 is 0 Å². The summed E-state index contributed by atoms with van der Waals surface area (Å²) in [6.07, 6.45) is 7.81. The average molecular weight is 272 g/mol. The van der Waals surface area contributed by atoms with Crippen molar-refractivity contribution in [3.63, 3.8) is 0 Å². The Bertz CT molecular complexity index is 744. The molecule has 3 aromatic rings. The number of rotatable bonds is 3. The van der Waals surface area contributed by atoms with E-state index in [-0.39, 0.29) is 0 Å². The third-order valence-corrected chi connectivity index (χ3v) is 3.26. The highest BCUT2D eigenvalue weighted by atomic mass is 14.8. The monoisotopic (exact) mass is 272 g/mol. The normalized spacial score (nSPS) is 10.9. The van der Waals surface area contributed by atoms with Crippen LogP contribution in [0, 0.1) is 6.92 Å². The minimum atomic E-state index is 0.890. The van der Waals surface area contributed by atoms with Crippen molar-refractivity contribution in [3.05, 3.63) is 83.7 Å². The van der Waals surface area contributed by atoms with Crippen molar-refractivity contribution in [2.75, 3.05) is 0 Å². The molecule has 0 saturated heterocycles. The summed E-state index contributed by atoms with van der Waals surface area (Å²) in [6, 6.07) is 18.4. The topological polar surface area (TPSA) is 25.8 Å². The molecule has 0 aliphatic carbocycles. The molecule has 0 atom stereocenters. The van der Waals surface area contributed by atoms with Gasteiger partial charge in [0.2, 0.25) is 0 Å². The SMILES string of the molecule is Cc1ccc(/C=C\c2ccnc(-c3ccccn3)c2)cc1. The fraction of sp³-hybridized carbons (Fsp3) is 0.0526. The Balaban J connectivity index is 1.85. The van der Waals surface area contributed by atoms with Crippen LogP contribution in [0.3, 0.4) is 0 Å². The van der Waals surface area contributed by atoms with Gasteiger partial charge in [0.05, 0.1) is 11.4 Å². The van der Waals surface area contributed by atoms with Crippen molar-refractivity contribution in [2.24, 2.45) is 0 Å². The fourth-order valence-electron chi connectivity index (χ4n) is 2.07. The Hall–Kier alpha value is -2.74. The largest absolute Gasteiger partial charge is 0.255 e. The van der Waals surface area contributed by atoms with Gasteiger partial charge in [0, 0.05) is 12.4 Å². The molecular weight excluding hydrogens is 256 g/mol. The van der Waals surface area contributed by atoms with E-state index < -0.39 is 0 Å². The van der Waals surface area contributed by atoms with Gasteiger partial charge < -0.3 is 0 Å². The zero-order valence-electron chi connectivity index (χ0n) is 11.9. The van der Waals surface area contributed by atoms with Crippen LogP contribution in [-0.2, 0) is 0 Å². The molecule has 0 radical (unpaired) electrons. The smallest absolute Gasteiger partial charge is 0.0892 e. The van der Waals surface area contributed by atoms with Gasteiger partial charge in [-0.25, -0.2) is 0 Å². The van der Waals surface area contributed by atoms with Crippen LogP contribution in [0.4, 0.5) is 0 Å². The van der Waals surface area contributed by atoms with Gasteiger partial charge >= 0.3 is 0 Å². The van der Waals surface area contributed by atoms with Gasteiger partial charge in [-0.15, -0.1) is 0 Å². The molecule has 0 spiro atoms. The van der Waals surface area contributed by atoms with Gasteiger partial charge in [0.25, 0.3) is 0 Å². The molecule has 0 saturated carbocycles. The number of aryl methyl sites for hydroxylation is 1. The number of benzene rings is 1. The van der Waals surface area contributed by atoms with Crippen molar-refractivity contribution in [1.82, 2.24) is 9.97 Å². The molecule has 21 heavy (non-hydrogen) atoms. The summed E-state index contributed by atoms with van der Waals surface area (Å²) in [5, 5.41) is 0. The molecule has 3 rings (SSSR count). The van der Waals surface area contributed by atoms with Crippen LogP contribution >= 0.6 is 0 Å². The van der Waals surface area contributed by atoms with E-state index in [1.165, 1.54) is 11.1 Å². The van der Waals surface area contributed by atoms with Crippen molar-refractivity contribution in [3.8, 4) is 11.4 Å². The fourth-order valence-corrected chi connectivity index (χ4v) is 2.07. The van der Waals surface area contributed by atoms with Crippen molar-refractivity contribution < 1.29 is 0 Å². The molecular formula is C19H16N2. The summed E-state index contributed by atoms with van der Waals surface area (Å²) >= 11 is 0. The first-order valence-corrected chi connectivity index (χ1v) is 6.93. The van der Waals surface area contributed by atoms with Gasteiger partial charge in [-0.1, -0.05) is 48.0 Å². The Morgan fingerprint density at radius 2 is 1.48 bits per heavy atom. The Morgan fingerprint density at radius 1 is 0.714 bits per heavy atom. The summed E-state index contributed by atoms with van der Waals surface area (Å²) in [7, 11) is 0. The van der Waals surface area contributed by atoms with E-state index in [0.717, 1.165) is 17.0 Å². The zero-order valence-corrected chi connectivity index (χ0v) is 11.9. The van der Waals surface area contributed by atoms with E-state index in [9.17, 15) is 0 Å². The van der Waals surface area contributed by atoms with Crippen LogP contribution < -0.4 is 0 Å². The number of nitrogens with zero attached hydrogens (tertiary/aromatic N) is 2. The van der Waals surface area contributed by atoms with Crippen LogP contribution in [0.25, 0.3) is 23.5 Å². The summed E-state index contributed by atoms with van der Waals surface area (Å²) < 4.78 is 0.